The minimum atomic E-state index is -0.534. The minimum absolute atomic E-state index is 0.0821. The van der Waals surface area contributed by atoms with Crippen LogP contribution in [0.25, 0.3) is 11.1 Å². The highest BCUT2D eigenvalue weighted by Crippen LogP contribution is 2.22. The second-order valence-corrected chi connectivity index (χ2v) is 2.55. The summed E-state index contributed by atoms with van der Waals surface area (Å²) in [6, 6.07) is 3.10. The molecule has 0 amide bonds. The van der Waals surface area contributed by atoms with Crippen LogP contribution in [-0.2, 0) is 0 Å². The van der Waals surface area contributed by atoms with Gasteiger partial charge in [-0.3, -0.25) is 0 Å². The lowest BCUT2D eigenvalue weighted by Crippen LogP contribution is -1.89. The molecule has 0 bridgehead atoms. The van der Waals surface area contributed by atoms with E-state index in [1.54, 1.807) is 13.0 Å². The van der Waals surface area contributed by atoms with Crippen LogP contribution in [-0.4, -0.2) is 4.98 Å². The predicted octanol–water partition coefficient (Wildman–Crippen LogP) is 1.86. The molecule has 2 rings (SSSR count). The Morgan fingerprint density at radius 1 is 1.50 bits per heavy atom. The molecule has 1 heterocycles. The third kappa shape index (κ3) is 0.845. The van der Waals surface area contributed by atoms with Gasteiger partial charge in [0.05, 0.1) is 5.69 Å². The van der Waals surface area contributed by atoms with Gasteiger partial charge in [-0.15, -0.1) is 0 Å². The number of nitrogens with two attached hydrogens (primary N) is 1. The topological polar surface area (TPSA) is 52.0 Å². The van der Waals surface area contributed by atoms with Crippen molar-refractivity contribution >= 4 is 16.8 Å². The Balaban J connectivity index is 2.89. The first-order chi connectivity index (χ1) is 5.68. The van der Waals surface area contributed by atoms with Crippen molar-refractivity contribution in [2.24, 2.45) is 0 Å². The fourth-order valence-electron chi connectivity index (χ4n) is 1.09. The highest BCUT2D eigenvalue weighted by molar-refractivity contribution is 5.77. The lowest BCUT2D eigenvalue weighted by atomic mass is 10.3. The number of rotatable bonds is 0. The standard InChI is InChI=1S/C8H7FN2O/c1-4-11-6-3-2-5(10)7(9)8(6)12-4/h2-3H,10H2,1H3. The van der Waals surface area contributed by atoms with E-state index >= 15 is 0 Å². The third-order valence-electron chi connectivity index (χ3n) is 1.63. The number of oxazole rings is 1. The van der Waals surface area contributed by atoms with Crippen molar-refractivity contribution in [2.75, 3.05) is 5.73 Å². The maximum absolute atomic E-state index is 13.2. The van der Waals surface area contributed by atoms with E-state index in [1.165, 1.54) is 6.07 Å². The van der Waals surface area contributed by atoms with Gasteiger partial charge in [-0.2, -0.15) is 0 Å². The fraction of sp³-hybridized carbons (Fsp3) is 0.125. The van der Waals surface area contributed by atoms with E-state index < -0.39 is 5.82 Å². The lowest BCUT2D eigenvalue weighted by molar-refractivity contribution is 0.529. The maximum Gasteiger partial charge on any atom is 0.192 e. The van der Waals surface area contributed by atoms with Crippen molar-refractivity contribution < 1.29 is 8.81 Å². The number of aromatic nitrogens is 1. The summed E-state index contributed by atoms with van der Waals surface area (Å²) in [6.07, 6.45) is 0. The number of hydrogen-bond donors (Lipinski definition) is 1. The Bertz CT molecular complexity index is 436. The van der Waals surface area contributed by atoms with E-state index in [4.69, 9.17) is 10.2 Å². The van der Waals surface area contributed by atoms with Crippen LogP contribution < -0.4 is 5.73 Å². The highest BCUT2D eigenvalue weighted by Gasteiger charge is 2.09. The molecule has 2 aromatic rings. The molecule has 0 aliphatic heterocycles. The van der Waals surface area contributed by atoms with Crippen molar-refractivity contribution in [1.82, 2.24) is 4.98 Å². The van der Waals surface area contributed by atoms with Crippen LogP contribution in [0.3, 0.4) is 0 Å². The molecule has 0 aliphatic rings. The summed E-state index contributed by atoms with van der Waals surface area (Å²) in [5.41, 5.74) is 6.05. The molecule has 62 valence electrons. The molecule has 1 aromatic heterocycles. The average Bonchev–Trinajstić information content (AvgIpc) is 2.39. The molecule has 0 aliphatic carbocycles. The van der Waals surface area contributed by atoms with Crippen LogP contribution in [0.1, 0.15) is 5.89 Å². The van der Waals surface area contributed by atoms with Crippen LogP contribution in [0, 0.1) is 12.7 Å². The Kier molecular flexibility index (Phi) is 1.30. The fourth-order valence-corrected chi connectivity index (χ4v) is 1.09. The van der Waals surface area contributed by atoms with E-state index in [2.05, 4.69) is 4.98 Å². The number of hydrogen-bond acceptors (Lipinski definition) is 3. The molecule has 12 heavy (non-hydrogen) atoms. The highest BCUT2D eigenvalue weighted by atomic mass is 19.1. The van der Waals surface area contributed by atoms with E-state index in [9.17, 15) is 4.39 Å². The van der Waals surface area contributed by atoms with Gasteiger partial charge in [0.15, 0.2) is 17.3 Å². The van der Waals surface area contributed by atoms with Gasteiger partial charge in [-0.25, -0.2) is 9.37 Å². The molecule has 3 nitrogen and oxygen atoms in total. The maximum atomic E-state index is 13.2. The second-order valence-electron chi connectivity index (χ2n) is 2.55. The zero-order chi connectivity index (χ0) is 8.72. The Morgan fingerprint density at radius 2 is 2.25 bits per heavy atom. The molecule has 0 radical (unpaired) electrons. The van der Waals surface area contributed by atoms with Gasteiger partial charge in [0.2, 0.25) is 0 Å². The van der Waals surface area contributed by atoms with E-state index in [0.717, 1.165) is 0 Å². The van der Waals surface area contributed by atoms with E-state index in [0.29, 0.717) is 11.4 Å². The normalized spacial score (nSPS) is 10.8. The molecule has 0 saturated carbocycles. The van der Waals surface area contributed by atoms with Crippen molar-refractivity contribution in [1.29, 1.82) is 0 Å². The number of benzene rings is 1. The predicted molar refractivity (Wildman–Crippen MR) is 43.1 cm³/mol. The molecule has 0 atom stereocenters. The first-order valence-corrected chi connectivity index (χ1v) is 3.49. The van der Waals surface area contributed by atoms with Crippen molar-refractivity contribution in [3.05, 3.63) is 23.8 Å². The molecule has 2 N–H and O–H groups in total. The van der Waals surface area contributed by atoms with E-state index in [1.807, 2.05) is 0 Å². The minimum Gasteiger partial charge on any atom is -0.438 e. The largest absolute Gasteiger partial charge is 0.438 e. The SMILES string of the molecule is Cc1nc2ccc(N)c(F)c2o1. The summed E-state index contributed by atoms with van der Waals surface area (Å²) in [6.45, 7) is 1.66. The zero-order valence-electron chi connectivity index (χ0n) is 6.47. The van der Waals surface area contributed by atoms with Crippen LogP contribution in [0.4, 0.5) is 10.1 Å². The zero-order valence-corrected chi connectivity index (χ0v) is 6.47. The molecule has 0 unspecified atom stereocenters. The molecule has 0 spiro atoms. The van der Waals surface area contributed by atoms with Gasteiger partial charge < -0.3 is 10.2 Å². The Labute approximate surface area is 68.0 Å². The van der Waals surface area contributed by atoms with E-state index in [-0.39, 0.29) is 11.3 Å². The first-order valence-electron chi connectivity index (χ1n) is 3.49. The molecule has 4 heteroatoms. The van der Waals surface area contributed by atoms with Crippen molar-refractivity contribution in [2.45, 2.75) is 6.92 Å². The summed E-state index contributed by atoms with van der Waals surface area (Å²) >= 11 is 0. The van der Waals surface area contributed by atoms with Crippen molar-refractivity contribution in [3.8, 4) is 0 Å². The molecular weight excluding hydrogens is 159 g/mol. The van der Waals surface area contributed by atoms with Crippen molar-refractivity contribution in [3.63, 3.8) is 0 Å². The summed E-state index contributed by atoms with van der Waals surface area (Å²) < 4.78 is 18.2. The Morgan fingerprint density at radius 3 is 3.00 bits per heavy atom. The van der Waals surface area contributed by atoms with Gasteiger partial charge in [0.25, 0.3) is 0 Å². The Hall–Kier alpha value is -1.58. The van der Waals surface area contributed by atoms with Crippen LogP contribution in [0.2, 0.25) is 0 Å². The van der Waals surface area contributed by atoms with Gasteiger partial charge in [-0.05, 0) is 12.1 Å². The second kappa shape index (κ2) is 2.20. The number of nitrogen functional groups attached to an aromatic ring is 1. The quantitative estimate of drug-likeness (QED) is 0.607. The number of anilines is 1. The van der Waals surface area contributed by atoms with Gasteiger partial charge in [-0.1, -0.05) is 0 Å². The van der Waals surface area contributed by atoms with Gasteiger partial charge >= 0.3 is 0 Å². The van der Waals surface area contributed by atoms with Gasteiger partial charge in [0, 0.05) is 6.92 Å². The number of fused-ring (bicyclic) bond motifs is 1. The summed E-state index contributed by atoms with van der Waals surface area (Å²) in [4.78, 5) is 3.95. The van der Waals surface area contributed by atoms with Crippen LogP contribution >= 0.6 is 0 Å². The van der Waals surface area contributed by atoms with Gasteiger partial charge in [0.1, 0.15) is 5.52 Å². The summed E-state index contributed by atoms with van der Waals surface area (Å²) in [7, 11) is 0. The summed E-state index contributed by atoms with van der Waals surface area (Å²) in [5, 5.41) is 0. The monoisotopic (exact) mass is 166 g/mol. The molecule has 1 aromatic carbocycles. The third-order valence-corrected chi connectivity index (χ3v) is 1.63. The molecular formula is C8H7FN2O. The first kappa shape index (κ1) is 7.09. The molecule has 0 fully saturated rings. The van der Waals surface area contributed by atoms with Crippen LogP contribution in [0.15, 0.2) is 16.5 Å². The average molecular weight is 166 g/mol. The number of halogens is 1. The molecule has 0 saturated heterocycles. The van der Waals surface area contributed by atoms with Crippen LogP contribution in [0.5, 0.6) is 0 Å². The smallest absolute Gasteiger partial charge is 0.192 e. The number of nitrogens with zero attached hydrogens (tertiary/aromatic N) is 1. The lowest BCUT2D eigenvalue weighted by Gasteiger charge is -1.93. The summed E-state index contributed by atoms with van der Waals surface area (Å²) in [5.74, 6) is -0.0948. The number of aryl methyl sites for hydroxylation is 1.